The molecule has 0 saturated heterocycles. The van der Waals surface area contributed by atoms with Gasteiger partial charge in [-0.2, -0.15) is 0 Å². The molecule has 0 bridgehead atoms. The summed E-state index contributed by atoms with van der Waals surface area (Å²) >= 11 is 5.84. The summed E-state index contributed by atoms with van der Waals surface area (Å²) in [4.78, 5) is 0. The topological polar surface area (TPSA) is 0 Å². The molecule has 0 spiro atoms. The quantitative estimate of drug-likeness (QED) is 0.532. The molecule has 0 amide bonds. The molecule has 0 N–H and O–H groups in total. The number of rotatable bonds is 6. The van der Waals surface area contributed by atoms with Gasteiger partial charge in [-0.25, -0.2) is 0 Å². The van der Waals surface area contributed by atoms with Gasteiger partial charge in [-0.05, 0) is 19.3 Å². The predicted molar refractivity (Wildman–Crippen MR) is 53.2 cm³/mol. The summed E-state index contributed by atoms with van der Waals surface area (Å²) in [5.41, 5.74) is 0. The molecule has 0 radical (unpaired) electrons. The third-order valence-electron chi connectivity index (χ3n) is 2.08. The molecule has 0 rings (SSSR count). The van der Waals surface area contributed by atoms with Gasteiger partial charge in [0, 0.05) is 5.38 Å². The summed E-state index contributed by atoms with van der Waals surface area (Å²) < 4.78 is 0. The second-order valence-corrected chi connectivity index (χ2v) is 4.35. The van der Waals surface area contributed by atoms with Crippen molar-refractivity contribution in [2.75, 3.05) is 0 Å². The van der Waals surface area contributed by atoms with E-state index in [4.69, 9.17) is 11.6 Å². The van der Waals surface area contributed by atoms with Crippen LogP contribution in [0.3, 0.4) is 0 Å². The minimum atomic E-state index is 0.365. The Bertz CT molecular complexity index is 78.9. The van der Waals surface area contributed by atoms with Crippen LogP contribution in [0.1, 0.15) is 52.9 Å². The molecule has 2 unspecified atom stereocenters. The lowest BCUT2D eigenvalue weighted by molar-refractivity contribution is 0.460. The Hall–Kier alpha value is 0.290. The van der Waals surface area contributed by atoms with E-state index < -0.39 is 0 Å². The summed E-state index contributed by atoms with van der Waals surface area (Å²) in [5, 5.41) is 0.365. The molecule has 0 aliphatic heterocycles. The molecular formula is C10H21Cl. The zero-order valence-corrected chi connectivity index (χ0v) is 8.82. The number of alkyl halides is 1. The Morgan fingerprint density at radius 3 is 2.18 bits per heavy atom. The Labute approximate surface area is 76.3 Å². The van der Waals surface area contributed by atoms with Crippen molar-refractivity contribution in [3.63, 3.8) is 0 Å². The van der Waals surface area contributed by atoms with E-state index in [1.807, 2.05) is 0 Å². The summed E-state index contributed by atoms with van der Waals surface area (Å²) in [5.74, 6) is 0.899. The smallest absolute Gasteiger partial charge is 0.0307 e. The molecule has 0 nitrogen and oxygen atoms in total. The number of hydrogen-bond acceptors (Lipinski definition) is 0. The van der Waals surface area contributed by atoms with Crippen molar-refractivity contribution in [1.82, 2.24) is 0 Å². The van der Waals surface area contributed by atoms with Crippen LogP contribution in [0.2, 0.25) is 0 Å². The van der Waals surface area contributed by atoms with Crippen LogP contribution in [0.15, 0.2) is 0 Å². The van der Waals surface area contributed by atoms with Gasteiger partial charge in [0.05, 0.1) is 0 Å². The van der Waals surface area contributed by atoms with Crippen molar-refractivity contribution in [3.8, 4) is 0 Å². The van der Waals surface area contributed by atoms with E-state index in [1.165, 1.54) is 32.1 Å². The lowest BCUT2D eigenvalue weighted by atomic mass is 9.99. The van der Waals surface area contributed by atoms with Crippen LogP contribution in [0.5, 0.6) is 0 Å². The fourth-order valence-electron chi connectivity index (χ4n) is 1.38. The van der Waals surface area contributed by atoms with Gasteiger partial charge in [0.1, 0.15) is 0 Å². The molecule has 0 aromatic heterocycles. The van der Waals surface area contributed by atoms with Crippen LogP contribution >= 0.6 is 11.6 Å². The van der Waals surface area contributed by atoms with E-state index in [2.05, 4.69) is 20.8 Å². The van der Waals surface area contributed by atoms with Gasteiger partial charge in [0.15, 0.2) is 0 Å². The third kappa shape index (κ3) is 8.19. The fraction of sp³-hybridized carbons (Fsp3) is 1.00. The van der Waals surface area contributed by atoms with E-state index in [1.54, 1.807) is 0 Å². The fourth-order valence-corrected chi connectivity index (χ4v) is 1.54. The zero-order valence-electron chi connectivity index (χ0n) is 8.07. The van der Waals surface area contributed by atoms with Gasteiger partial charge in [-0.3, -0.25) is 0 Å². The van der Waals surface area contributed by atoms with Gasteiger partial charge in [-0.1, -0.05) is 39.5 Å². The third-order valence-corrected chi connectivity index (χ3v) is 2.30. The highest BCUT2D eigenvalue weighted by atomic mass is 35.5. The SMILES string of the molecule is CCCC(C)CCCC(C)Cl. The summed E-state index contributed by atoms with van der Waals surface area (Å²) in [6.07, 6.45) is 6.51. The van der Waals surface area contributed by atoms with E-state index in [0.717, 1.165) is 5.92 Å². The lowest BCUT2D eigenvalue weighted by Crippen LogP contribution is -1.96. The molecule has 0 saturated carbocycles. The highest BCUT2D eigenvalue weighted by Crippen LogP contribution is 2.15. The second-order valence-electron chi connectivity index (χ2n) is 3.61. The second kappa shape index (κ2) is 6.97. The highest BCUT2D eigenvalue weighted by Gasteiger charge is 2.01. The highest BCUT2D eigenvalue weighted by molar-refractivity contribution is 6.20. The van der Waals surface area contributed by atoms with Gasteiger partial charge < -0.3 is 0 Å². The maximum Gasteiger partial charge on any atom is 0.0307 e. The molecule has 0 heterocycles. The normalized spacial score (nSPS) is 16.4. The number of halogens is 1. The van der Waals surface area contributed by atoms with Crippen LogP contribution in [-0.4, -0.2) is 5.38 Å². The Balaban J connectivity index is 3.10. The first kappa shape index (κ1) is 11.3. The van der Waals surface area contributed by atoms with Crippen LogP contribution in [0.25, 0.3) is 0 Å². The monoisotopic (exact) mass is 176 g/mol. The van der Waals surface area contributed by atoms with E-state index in [0.29, 0.717) is 5.38 Å². The van der Waals surface area contributed by atoms with Crippen molar-refractivity contribution >= 4 is 11.6 Å². The minimum Gasteiger partial charge on any atom is -0.123 e. The van der Waals surface area contributed by atoms with Gasteiger partial charge in [0.25, 0.3) is 0 Å². The molecule has 0 aliphatic carbocycles. The largest absolute Gasteiger partial charge is 0.123 e. The Morgan fingerprint density at radius 2 is 1.73 bits per heavy atom. The van der Waals surface area contributed by atoms with Crippen LogP contribution < -0.4 is 0 Å². The van der Waals surface area contributed by atoms with Crippen molar-refractivity contribution in [2.45, 2.75) is 58.3 Å². The first-order valence-electron chi connectivity index (χ1n) is 4.80. The van der Waals surface area contributed by atoms with Gasteiger partial charge >= 0.3 is 0 Å². The molecule has 0 aromatic carbocycles. The molecular weight excluding hydrogens is 156 g/mol. The molecule has 11 heavy (non-hydrogen) atoms. The van der Waals surface area contributed by atoms with Gasteiger partial charge in [0.2, 0.25) is 0 Å². The Kier molecular flexibility index (Phi) is 7.15. The van der Waals surface area contributed by atoms with E-state index in [9.17, 15) is 0 Å². The van der Waals surface area contributed by atoms with Crippen LogP contribution in [0.4, 0.5) is 0 Å². The maximum absolute atomic E-state index is 5.84. The predicted octanol–water partition coefficient (Wildman–Crippen LogP) is 4.22. The van der Waals surface area contributed by atoms with E-state index >= 15 is 0 Å². The summed E-state index contributed by atoms with van der Waals surface area (Å²) in [6, 6.07) is 0. The van der Waals surface area contributed by atoms with Gasteiger partial charge in [-0.15, -0.1) is 11.6 Å². The first-order chi connectivity index (χ1) is 5.16. The standard InChI is InChI=1S/C10H21Cl/c1-4-6-9(2)7-5-8-10(3)11/h9-10H,4-8H2,1-3H3. The van der Waals surface area contributed by atoms with E-state index in [-0.39, 0.29) is 0 Å². The first-order valence-corrected chi connectivity index (χ1v) is 5.24. The van der Waals surface area contributed by atoms with Crippen LogP contribution in [-0.2, 0) is 0 Å². The summed E-state index contributed by atoms with van der Waals surface area (Å²) in [6.45, 7) is 6.66. The van der Waals surface area contributed by atoms with Crippen LogP contribution in [0, 0.1) is 5.92 Å². The van der Waals surface area contributed by atoms with Crippen molar-refractivity contribution < 1.29 is 0 Å². The van der Waals surface area contributed by atoms with Crippen molar-refractivity contribution in [3.05, 3.63) is 0 Å². The average Bonchev–Trinajstić information content (AvgIpc) is 1.87. The summed E-state index contributed by atoms with van der Waals surface area (Å²) in [7, 11) is 0. The number of hydrogen-bond donors (Lipinski definition) is 0. The molecule has 2 atom stereocenters. The molecule has 0 aromatic rings. The average molecular weight is 177 g/mol. The van der Waals surface area contributed by atoms with Crippen molar-refractivity contribution in [2.24, 2.45) is 5.92 Å². The molecule has 0 fully saturated rings. The maximum atomic E-state index is 5.84. The minimum absolute atomic E-state index is 0.365. The zero-order chi connectivity index (χ0) is 8.69. The Morgan fingerprint density at radius 1 is 1.09 bits per heavy atom. The lowest BCUT2D eigenvalue weighted by Gasteiger charge is -2.09. The molecule has 0 aliphatic rings. The van der Waals surface area contributed by atoms with Crippen molar-refractivity contribution in [1.29, 1.82) is 0 Å². The molecule has 68 valence electrons. The molecule has 1 heteroatoms.